The van der Waals surface area contributed by atoms with Gasteiger partial charge in [0, 0.05) is 6.61 Å². The van der Waals surface area contributed by atoms with Gasteiger partial charge >= 0.3 is 0 Å². The first-order valence-corrected chi connectivity index (χ1v) is 2.83. The van der Waals surface area contributed by atoms with E-state index in [1.165, 1.54) is 6.42 Å². The molecule has 1 atom stereocenters. The Morgan fingerprint density at radius 2 is 2.57 bits per heavy atom. The van der Waals surface area contributed by atoms with Crippen LogP contribution >= 0.6 is 0 Å². The van der Waals surface area contributed by atoms with Gasteiger partial charge in [-0.2, -0.15) is 0 Å². The van der Waals surface area contributed by atoms with E-state index in [-0.39, 0.29) is 0 Å². The Bertz CT molecular complexity index is 46.1. The highest BCUT2D eigenvalue weighted by molar-refractivity contribution is 4.63. The van der Waals surface area contributed by atoms with Crippen molar-refractivity contribution in [1.29, 1.82) is 0 Å². The molecule has 1 nitrogen and oxygen atoms in total. The zero-order valence-corrected chi connectivity index (χ0v) is 4.68. The van der Waals surface area contributed by atoms with Gasteiger partial charge in [0.15, 0.2) is 0 Å². The van der Waals surface area contributed by atoms with Gasteiger partial charge in [-0.15, -0.1) is 0 Å². The molecule has 1 rings (SSSR count). The predicted octanol–water partition coefficient (Wildman–Crippen LogP) is 1.59. The van der Waals surface area contributed by atoms with Crippen molar-refractivity contribution in [1.82, 2.24) is 0 Å². The van der Waals surface area contributed by atoms with E-state index in [1.54, 1.807) is 0 Å². The van der Waals surface area contributed by atoms with Gasteiger partial charge in [0.25, 0.3) is 0 Å². The van der Waals surface area contributed by atoms with Crippen molar-refractivity contribution >= 4 is 0 Å². The summed E-state index contributed by atoms with van der Waals surface area (Å²) in [6.07, 6.45) is 2.45. The second-order valence-electron chi connectivity index (χ2n) is 2.18. The minimum absolute atomic E-state index is 0.782. The van der Waals surface area contributed by atoms with Crippen LogP contribution in [0.25, 0.3) is 0 Å². The first kappa shape index (κ1) is 5.10. The molecular weight excluding hydrogens is 88.1 g/mol. The monoisotopic (exact) mass is 99.1 g/mol. The van der Waals surface area contributed by atoms with Gasteiger partial charge in [-0.1, -0.05) is 6.92 Å². The topological polar surface area (TPSA) is 9.23 Å². The Balaban J connectivity index is 2.12. The van der Waals surface area contributed by atoms with E-state index < -0.39 is 0 Å². The predicted molar refractivity (Wildman–Crippen MR) is 28.6 cm³/mol. The molecule has 1 aliphatic heterocycles. The maximum absolute atomic E-state index is 5.06. The molecule has 41 valence electrons. The average molecular weight is 99.2 g/mol. The summed E-state index contributed by atoms with van der Waals surface area (Å²) in [5.41, 5.74) is 0. The Labute approximate surface area is 44.7 Å². The van der Waals surface area contributed by atoms with Crippen molar-refractivity contribution in [2.24, 2.45) is 5.92 Å². The van der Waals surface area contributed by atoms with Gasteiger partial charge < -0.3 is 4.74 Å². The molecule has 0 spiro atoms. The van der Waals surface area contributed by atoms with Crippen molar-refractivity contribution in [2.75, 3.05) is 6.61 Å². The van der Waals surface area contributed by atoms with Crippen LogP contribution in [0.2, 0.25) is 0 Å². The zero-order chi connectivity index (χ0) is 5.11. The van der Waals surface area contributed by atoms with Gasteiger partial charge in [-0.3, -0.25) is 0 Å². The van der Waals surface area contributed by atoms with E-state index in [2.05, 4.69) is 6.92 Å². The number of ether oxygens (including phenoxy) is 1. The molecule has 1 heterocycles. The van der Waals surface area contributed by atoms with Crippen molar-refractivity contribution < 1.29 is 4.74 Å². The molecule has 1 heteroatoms. The lowest BCUT2D eigenvalue weighted by molar-refractivity contribution is 0.114. The highest BCUT2D eigenvalue weighted by Gasteiger charge is 2.06. The van der Waals surface area contributed by atoms with Crippen LogP contribution in [0.3, 0.4) is 0 Å². The second kappa shape index (κ2) is 2.31. The van der Waals surface area contributed by atoms with Crippen molar-refractivity contribution in [3.05, 3.63) is 6.61 Å². The van der Waals surface area contributed by atoms with Crippen LogP contribution in [0.15, 0.2) is 0 Å². The molecule has 1 fully saturated rings. The largest absolute Gasteiger partial charge is 0.375 e. The van der Waals surface area contributed by atoms with Crippen LogP contribution in [-0.2, 0) is 4.74 Å². The van der Waals surface area contributed by atoms with E-state index in [0.717, 1.165) is 18.9 Å². The Morgan fingerprint density at radius 3 is 2.86 bits per heavy atom. The third-order valence-electron chi connectivity index (χ3n) is 1.28. The van der Waals surface area contributed by atoms with Crippen LogP contribution < -0.4 is 0 Å². The molecule has 0 aromatic heterocycles. The number of hydrogen-bond acceptors (Lipinski definition) is 1. The van der Waals surface area contributed by atoms with Crippen molar-refractivity contribution in [3.8, 4) is 0 Å². The van der Waals surface area contributed by atoms with Gasteiger partial charge in [0.1, 0.15) is 0 Å². The van der Waals surface area contributed by atoms with Gasteiger partial charge in [0.2, 0.25) is 0 Å². The summed E-state index contributed by atoms with van der Waals surface area (Å²) in [6.45, 7) is 5.05. The first-order chi connectivity index (χ1) is 3.39. The fourth-order valence-electron chi connectivity index (χ4n) is 0.752. The fourth-order valence-corrected chi connectivity index (χ4v) is 0.752. The summed E-state index contributed by atoms with van der Waals surface area (Å²) < 4.78 is 5.06. The van der Waals surface area contributed by atoms with Crippen LogP contribution in [0.4, 0.5) is 0 Å². The third-order valence-corrected chi connectivity index (χ3v) is 1.28. The quantitative estimate of drug-likeness (QED) is 0.448. The molecular formula is C6H11O. The van der Waals surface area contributed by atoms with Gasteiger partial charge in [-0.25, -0.2) is 0 Å². The number of rotatable bonds is 0. The highest BCUT2D eigenvalue weighted by atomic mass is 16.5. The number of hydrogen-bond donors (Lipinski definition) is 0. The Hall–Kier alpha value is -0.0400. The normalized spacial score (nSPS) is 33.0. The van der Waals surface area contributed by atoms with Crippen molar-refractivity contribution in [3.63, 3.8) is 0 Å². The minimum Gasteiger partial charge on any atom is -0.375 e. The minimum atomic E-state index is 0.782. The highest BCUT2D eigenvalue weighted by Crippen LogP contribution is 2.13. The molecule has 0 bridgehead atoms. The Morgan fingerprint density at radius 1 is 1.71 bits per heavy atom. The molecule has 0 aromatic carbocycles. The lowest BCUT2D eigenvalue weighted by Gasteiger charge is -2.16. The lowest BCUT2D eigenvalue weighted by atomic mass is 10.1. The molecule has 0 saturated carbocycles. The van der Waals surface area contributed by atoms with E-state index >= 15 is 0 Å². The van der Waals surface area contributed by atoms with Gasteiger partial charge in [-0.05, 0) is 18.8 Å². The zero-order valence-electron chi connectivity index (χ0n) is 4.68. The molecule has 1 unspecified atom stereocenters. The second-order valence-corrected chi connectivity index (χ2v) is 2.18. The fraction of sp³-hybridized carbons (Fsp3) is 0.833. The Kier molecular flexibility index (Phi) is 1.69. The first-order valence-electron chi connectivity index (χ1n) is 2.83. The lowest BCUT2D eigenvalue weighted by Crippen LogP contribution is -2.10. The van der Waals surface area contributed by atoms with E-state index in [9.17, 15) is 0 Å². The molecule has 1 radical (unpaired) electrons. The maximum Gasteiger partial charge on any atom is 0.0836 e. The summed E-state index contributed by atoms with van der Waals surface area (Å²) in [7, 11) is 0. The van der Waals surface area contributed by atoms with Crippen LogP contribution in [-0.4, -0.2) is 6.61 Å². The molecule has 7 heavy (non-hydrogen) atoms. The third kappa shape index (κ3) is 1.48. The maximum atomic E-state index is 5.06. The van der Waals surface area contributed by atoms with Crippen LogP contribution in [0, 0.1) is 12.5 Å². The molecule has 0 aromatic rings. The van der Waals surface area contributed by atoms with Crippen LogP contribution in [0.1, 0.15) is 19.8 Å². The average Bonchev–Trinajstić information content (AvgIpc) is 1.69. The molecule has 1 saturated heterocycles. The molecule has 0 N–H and O–H groups in total. The van der Waals surface area contributed by atoms with Gasteiger partial charge in [0.05, 0.1) is 6.61 Å². The summed E-state index contributed by atoms with van der Waals surface area (Å²) in [5.74, 6) is 0.782. The molecule has 0 aliphatic carbocycles. The standard InChI is InChI=1S/C6H11O/c1-6-3-2-4-7-5-6/h4,6H,2-3,5H2,1H3. The smallest absolute Gasteiger partial charge is 0.0836 e. The molecule has 0 amide bonds. The SMILES string of the molecule is CC1CC[CH]OC1. The van der Waals surface area contributed by atoms with E-state index in [0.29, 0.717) is 0 Å². The van der Waals surface area contributed by atoms with E-state index in [1.807, 2.05) is 6.61 Å². The van der Waals surface area contributed by atoms with Crippen molar-refractivity contribution in [2.45, 2.75) is 19.8 Å². The summed E-state index contributed by atoms with van der Waals surface area (Å²) >= 11 is 0. The van der Waals surface area contributed by atoms with E-state index in [4.69, 9.17) is 4.74 Å². The molecule has 1 aliphatic rings. The van der Waals surface area contributed by atoms with Crippen LogP contribution in [0.5, 0.6) is 0 Å². The summed E-state index contributed by atoms with van der Waals surface area (Å²) in [4.78, 5) is 0. The summed E-state index contributed by atoms with van der Waals surface area (Å²) in [6, 6.07) is 0. The summed E-state index contributed by atoms with van der Waals surface area (Å²) in [5, 5.41) is 0.